The van der Waals surface area contributed by atoms with Gasteiger partial charge in [0, 0.05) is 49.4 Å². The van der Waals surface area contributed by atoms with Crippen LogP contribution >= 0.6 is 0 Å². The van der Waals surface area contributed by atoms with Gasteiger partial charge < -0.3 is 13.7 Å². The highest BCUT2D eigenvalue weighted by Crippen LogP contribution is 2.45. The minimum absolute atomic E-state index is 0.885. The molecule has 3 heteroatoms. The van der Waals surface area contributed by atoms with Gasteiger partial charge >= 0.3 is 0 Å². The monoisotopic (exact) mass is 703 g/mol. The zero-order valence-electron chi connectivity index (χ0n) is 29.8. The van der Waals surface area contributed by atoms with Gasteiger partial charge in [0.05, 0.1) is 5.69 Å². The molecule has 11 aromatic rings. The fourth-order valence-electron chi connectivity index (χ4n) is 8.33. The van der Waals surface area contributed by atoms with Crippen molar-refractivity contribution in [2.75, 3.05) is 4.90 Å². The molecule has 0 aliphatic rings. The Kier molecular flexibility index (Phi) is 7.17. The summed E-state index contributed by atoms with van der Waals surface area (Å²) in [7, 11) is 0. The van der Waals surface area contributed by atoms with Crippen molar-refractivity contribution in [3.8, 4) is 33.4 Å². The summed E-state index contributed by atoms with van der Waals surface area (Å²) in [6, 6.07) is 70.9. The minimum Gasteiger partial charge on any atom is -0.455 e. The number of rotatable bonds is 6. The van der Waals surface area contributed by atoms with E-state index < -0.39 is 0 Å². The molecule has 0 bridgehead atoms. The first-order chi connectivity index (χ1) is 27.3. The first-order valence-corrected chi connectivity index (χ1v) is 18.7. The molecule has 0 radical (unpaired) electrons. The van der Waals surface area contributed by atoms with Crippen LogP contribution in [0, 0.1) is 0 Å². The van der Waals surface area contributed by atoms with Crippen molar-refractivity contribution in [2.45, 2.75) is 0 Å². The lowest BCUT2D eigenvalue weighted by Gasteiger charge is -2.28. The number of hydrogen-bond donors (Lipinski definition) is 0. The number of furan rings is 2. The molecule has 0 saturated heterocycles. The van der Waals surface area contributed by atoms with Crippen molar-refractivity contribution >= 4 is 71.7 Å². The van der Waals surface area contributed by atoms with Crippen LogP contribution in [-0.2, 0) is 0 Å². The number of para-hydroxylation sites is 3. The first-order valence-electron chi connectivity index (χ1n) is 18.7. The van der Waals surface area contributed by atoms with E-state index in [1.165, 1.54) is 5.39 Å². The van der Waals surface area contributed by atoms with E-state index in [0.29, 0.717) is 0 Å². The predicted molar refractivity (Wildman–Crippen MR) is 229 cm³/mol. The third-order valence-corrected chi connectivity index (χ3v) is 10.9. The Labute approximate surface area is 317 Å². The maximum Gasteiger partial charge on any atom is 0.143 e. The Bertz CT molecular complexity index is 3210. The minimum atomic E-state index is 0.885. The van der Waals surface area contributed by atoms with E-state index in [2.05, 4.69) is 193 Å². The van der Waals surface area contributed by atoms with Crippen LogP contribution in [-0.4, -0.2) is 0 Å². The van der Waals surface area contributed by atoms with E-state index in [4.69, 9.17) is 8.83 Å². The van der Waals surface area contributed by atoms with E-state index in [1.807, 2.05) is 12.1 Å². The fraction of sp³-hybridized carbons (Fsp3) is 0. The van der Waals surface area contributed by atoms with Gasteiger partial charge in [-0.05, 0) is 76.2 Å². The molecule has 3 nitrogen and oxygen atoms in total. The van der Waals surface area contributed by atoms with Gasteiger partial charge in [0.15, 0.2) is 0 Å². The van der Waals surface area contributed by atoms with Crippen LogP contribution in [0.25, 0.3) is 88.0 Å². The highest BCUT2D eigenvalue weighted by atomic mass is 16.3. The molecule has 0 N–H and O–H groups in total. The second-order valence-corrected chi connectivity index (χ2v) is 14.0. The van der Waals surface area contributed by atoms with Crippen molar-refractivity contribution < 1.29 is 8.83 Å². The summed E-state index contributed by atoms with van der Waals surface area (Å²) in [5.74, 6) is 0. The number of hydrogen-bond acceptors (Lipinski definition) is 3. The molecule has 55 heavy (non-hydrogen) atoms. The van der Waals surface area contributed by atoms with Gasteiger partial charge in [-0.15, -0.1) is 0 Å². The molecular formula is C52H33NO2. The average molecular weight is 704 g/mol. The topological polar surface area (TPSA) is 29.5 Å². The highest BCUT2D eigenvalue weighted by Gasteiger charge is 2.20. The molecule has 0 saturated carbocycles. The number of benzene rings is 9. The summed E-state index contributed by atoms with van der Waals surface area (Å²) in [4.78, 5) is 2.37. The molecule has 0 spiro atoms. The Balaban J connectivity index is 1.08. The lowest BCUT2D eigenvalue weighted by Crippen LogP contribution is -2.11. The summed E-state index contributed by atoms with van der Waals surface area (Å²) in [6.45, 7) is 0. The Morgan fingerprint density at radius 1 is 0.327 bits per heavy atom. The van der Waals surface area contributed by atoms with E-state index in [9.17, 15) is 0 Å². The quantitative estimate of drug-likeness (QED) is 0.173. The number of fused-ring (bicyclic) bond motifs is 8. The normalized spacial score (nSPS) is 11.6. The molecule has 11 rings (SSSR count). The van der Waals surface area contributed by atoms with Gasteiger partial charge in [-0.1, -0.05) is 152 Å². The number of anilines is 3. The van der Waals surface area contributed by atoms with Crippen LogP contribution in [0.4, 0.5) is 17.1 Å². The summed E-state index contributed by atoms with van der Waals surface area (Å²) in [5, 5.41) is 6.80. The first kappa shape index (κ1) is 31.2. The molecule has 0 amide bonds. The molecule has 0 unspecified atom stereocenters. The molecular weight excluding hydrogens is 671 g/mol. The molecule has 258 valence electrons. The lowest BCUT2D eigenvalue weighted by atomic mass is 9.97. The maximum absolute atomic E-state index is 6.58. The van der Waals surface area contributed by atoms with Crippen molar-refractivity contribution in [1.82, 2.24) is 0 Å². The van der Waals surface area contributed by atoms with Gasteiger partial charge in [-0.25, -0.2) is 0 Å². The standard InChI is InChI=1S/C52H33NO2/c1-2-13-34(14-3-1)40-18-6-8-24-47(40)53(38-30-27-36(28-31-38)43-22-11-23-45-44-20-7-9-25-48(44)54-51(43)45)39-17-10-16-37(33-39)41-21-12-26-49-50(41)46-32-29-35-15-4-5-19-42(35)52(46)55-49/h1-33H. The third-order valence-electron chi connectivity index (χ3n) is 10.9. The summed E-state index contributed by atoms with van der Waals surface area (Å²) < 4.78 is 13.0. The van der Waals surface area contributed by atoms with E-state index >= 15 is 0 Å². The fourth-order valence-corrected chi connectivity index (χ4v) is 8.33. The van der Waals surface area contributed by atoms with Gasteiger partial charge in [-0.3, -0.25) is 0 Å². The van der Waals surface area contributed by atoms with Gasteiger partial charge in [-0.2, -0.15) is 0 Å². The third kappa shape index (κ3) is 5.13. The van der Waals surface area contributed by atoms with Crippen LogP contribution in [0.5, 0.6) is 0 Å². The van der Waals surface area contributed by atoms with Crippen LogP contribution in [0.3, 0.4) is 0 Å². The largest absolute Gasteiger partial charge is 0.455 e. The van der Waals surface area contributed by atoms with E-state index in [1.54, 1.807) is 0 Å². The van der Waals surface area contributed by atoms with Crippen molar-refractivity contribution in [3.05, 3.63) is 200 Å². The summed E-state index contributed by atoms with van der Waals surface area (Å²) in [5.41, 5.74) is 13.6. The molecule has 2 aromatic heterocycles. The van der Waals surface area contributed by atoms with Gasteiger partial charge in [0.25, 0.3) is 0 Å². The van der Waals surface area contributed by atoms with Crippen LogP contribution in [0.15, 0.2) is 209 Å². The second kappa shape index (κ2) is 12.6. The second-order valence-electron chi connectivity index (χ2n) is 14.0. The molecule has 0 fully saturated rings. The van der Waals surface area contributed by atoms with Crippen LogP contribution < -0.4 is 4.90 Å². The lowest BCUT2D eigenvalue weighted by molar-refractivity contribution is 0.670. The SMILES string of the molecule is c1ccc(-c2ccccc2N(c2ccc(-c3cccc4c3oc3ccccc34)cc2)c2cccc(-c3cccc4oc5c6ccccc6ccc5c34)c2)cc1. The van der Waals surface area contributed by atoms with E-state index in [0.717, 1.165) is 99.7 Å². The Morgan fingerprint density at radius 3 is 1.87 bits per heavy atom. The average Bonchev–Trinajstić information content (AvgIpc) is 3.84. The van der Waals surface area contributed by atoms with Crippen LogP contribution in [0.2, 0.25) is 0 Å². The van der Waals surface area contributed by atoms with Crippen molar-refractivity contribution in [2.24, 2.45) is 0 Å². The van der Waals surface area contributed by atoms with Gasteiger partial charge in [0.2, 0.25) is 0 Å². The molecule has 0 atom stereocenters. The van der Waals surface area contributed by atoms with Crippen molar-refractivity contribution in [1.29, 1.82) is 0 Å². The maximum atomic E-state index is 6.58. The highest BCUT2D eigenvalue weighted by molar-refractivity contribution is 6.19. The molecule has 0 aliphatic heterocycles. The Hall–Kier alpha value is -7.36. The summed E-state index contributed by atoms with van der Waals surface area (Å²) >= 11 is 0. The van der Waals surface area contributed by atoms with E-state index in [-0.39, 0.29) is 0 Å². The molecule has 9 aromatic carbocycles. The smallest absolute Gasteiger partial charge is 0.143 e. The summed E-state index contributed by atoms with van der Waals surface area (Å²) in [6.07, 6.45) is 0. The zero-order chi connectivity index (χ0) is 36.3. The molecule has 2 heterocycles. The molecule has 0 aliphatic carbocycles. The van der Waals surface area contributed by atoms with Gasteiger partial charge in [0.1, 0.15) is 22.3 Å². The van der Waals surface area contributed by atoms with Crippen molar-refractivity contribution in [3.63, 3.8) is 0 Å². The van der Waals surface area contributed by atoms with Crippen LogP contribution in [0.1, 0.15) is 0 Å². The number of nitrogens with zero attached hydrogens (tertiary/aromatic N) is 1. The zero-order valence-corrected chi connectivity index (χ0v) is 29.8. The Morgan fingerprint density at radius 2 is 0.964 bits per heavy atom. The predicted octanol–water partition coefficient (Wildman–Crippen LogP) is 15.1.